The molecule has 3 saturated heterocycles. The molecule has 2 atom stereocenters. The monoisotopic (exact) mass is 651 g/mol. The van der Waals surface area contributed by atoms with E-state index in [-0.39, 0.29) is 24.2 Å². The lowest BCUT2D eigenvalue weighted by molar-refractivity contribution is -0.0442. The smallest absolute Gasteiger partial charge is 0.272 e. The lowest BCUT2D eigenvalue weighted by Gasteiger charge is -2.43. The molecule has 3 fully saturated rings. The molecule has 0 aliphatic carbocycles. The van der Waals surface area contributed by atoms with Crippen LogP contribution in [0.25, 0.3) is 0 Å². The predicted molar refractivity (Wildman–Crippen MR) is 178 cm³/mol. The summed E-state index contributed by atoms with van der Waals surface area (Å²) in [6.45, 7) is 9.43. The van der Waals surface area contributed by atoms with Crippen molar-refractivity contribution in [3.63, 3.8) is 0 Å². The van der Waals surface area contributed by atoms with E-state index in [1.54, 1.807) is 7.05 Å². The van der Waals surface area contributed by atoms with Gasteiger partial charge in [0.25, 0.3) is 5.91 Å². The summed E-state index contributed by atoms with van der Waals surface area (Å²) in [5, 5.41) is 12.9. The van der Waals surface area contributed by atoms with Gasteiger partial charge in [0.2, 0.25) is 10.0 Å². The molecule has 5 rings (SSSR count). The molecular weight excluding hydrogens is 602 g/mol. The van der Waals surface area contributed by atoms with Gasteiger partial charge in [-0.25, -0.2) is 22.7 Å². The van der Waals surface area contributed by atoms with E-state index >= 15 is 0 Å². The molecule has 0 saturated carbocycles. The topological polar surface area (TPSA) is 132 Å². The number of ether oxygens (including phenoxy) is 1. The van der Waals surface area contributed by atoms with Gasteiger partial charge in [0, 0.05) is 44.3 Å². The highest BCUT2D eigenvalue weighted by molar-refractivity contribution is 7.88. The third-order valence-corrected chi connectivity index (χ3v) is 11.6. The minimum atomic E-state index is -3.18. The van der Waals surface area contributed by atoms with Gasteiger partial charge in [-0.3, -0.25) is 4.79 Å². The van der Waals surface area contributed by atoms with E-state index in [1.807, 2.05) is 37.8 Å². The molecule has 12 heteroatoms. The van der Waals surface area contributed by atoms with Crippen molar-refractivity contribution in [2.24, 2.45) is 0 Å². The van der Waals surface area contributed by atoms with Crippen LogP contribution in [0.2, 0.25) is 0 Å². The maximum Gasteiger partial charge on any atom is 0.272 e. The molecule has 4 heterocycles. The van der Waals surface area contributed by atoms with Crippen LogP contribution in [-0.4, -0.2) is 103 Å². The summed E-state index contributed by atoms with van der Waals surface area (Å²) in [5.74, 6) is 0.593. The number of benzene rings is 1. The number of rotatable bonds is 9. The van der Waals surface area contributed by atoms with Crippen molar-refractivity contribution in [2.45, 2.75) is 95.4 Å². The zero-order valence-electron chi connectivity index (χ0n) is 27.9. The Labute approximate surface area is 274 Å². The zero-order valence-corrected chi connectivity index (χ0v) is 28.7. The quantitative estimate of drug-likeness (QED) is 0.422. The molecule has 11 nitrogen and oxygen atoms in total. The number of hydrogen-bond acceptors (Lipinski definition) is 9. The summed E-state index contributed by atoms with van der Waals surface area (Å²) in [5.41, 5.74) is 2.78. The zero-order chi connectivity index (χ0) is 33.1. The van der Waals surface area contributed by atoms with Crippen LogP contribution in [0.15, 0.2) is 30.6 Å². The van der Waals surface area contributed by atoms with Gasteiger partial charge in [-0.2, -0.15) is 5.26 Å². The summed E-state index contributed by atoms with van der Waals surface area (Å²) >= 11 is 0. The highest BCUT2D eigenvalue weighted by Crippen LogP contribution is 2.33. The Kier molecular flexibility index (Phi) is 10.7. The van der Waals surface area contributed by atoms with Crippen LogP contribution in [0.3, 0.4) is 0 Å². The first-order chi connectivity index (χ1) is 21.9. The van der Waals surface area contributed by atoms with Crippen molar-refractivity contribution in [3.8, 4) is 6.07 Å². The summed E-state index contributed by atoms with van der Waals surface area (Å²) in [7, 11) is -1.50. The Morgan fingerprint density at radius 1 is 1.07 bits per heavy atom. The molecule has 2 aromatic rings. The Balaban J connectivity index is 1.12. The molecule has 0 spiro atoms. The number of carbonyl (C=O) groups excluding carboxylic acids is 1. The van der Waals surface area contributed by atoms with Crippen molar-refractivity contribution in [1.29, 1.82) is 5.26 Å². The second-order valence-corrected chi connectivity index (χ2v) is 15.7. The normalized spacial score (nSPS) is 22.5. The highest BCUT2D eigenvalue weighted by Gasteiger charge is 2.33. The van der Waals surface area contributed by atoms with Gasteiger partial charge in [0.05, 0.1) is 29.9 Å². The number of nitriles is 1. The maximum absolute atomic E-state index is 13.6. The summed E-state index contributed by atoms with van der Waals surface area (Å²) in [6.07, 6.45) is 9.16. The number of nitrogens with one attached hydrogen (secondary N) is 1. The Hall–Kier alpha value is -3.11. The first kappa shape index (κ1) is 34.2. The van der Waals surface area contributed by atoms with E-state index in [9.17, 15) is 18.5 Å². The first-order valence-electron chi connectivity index (χ1n) is 16.6. The summed E-state index contributed by atoms with van der Waals surface area (Å²) in [6, 6.07) is 11.0. The first-order valence-corrected chi connectivity index (χ1v) is 18.4. The molecule has 1 aromatic heterocycles. The fraction of sp³-hybridized carbons (Fsp3) is 0.647. The largest absolute Gasteiger partial charge is 0.368 e. The minimum Gasteiger partial charge on any atom is -0.368 e. The third-order valence-electron chi connectivity index (χ3n) is 10.2. The van der Waals surface area contributed by atoms with Gasteiger partial charge in [0.1, 0.15) is 17.8 Å². The van der Waals surface area contributed by atoms with Crippen LogP contribution in [0.4, 0.5) is 5.82 Å². The molecule has 1 N–H and O–H groups in total. The molecule has 46 heavy (non-hydrogen) atoms. The number of piperidine rings is 2. The lowest BCUT2D eigenvalue weighted by Crippen LogP contribution is -2.52. The van der Waals surface area contributed by atoms with Crippen molar-refractivity contribution >= 4 is 21.7 Å². The number of carbonyl (C=O) groups is 1. The van der Waals surface area contributed by atoms with Crippen molar-refractivity contribution in [2.75, 3.05) is 51.3 Å². The van der Waals surface area contributed by atoms with Crippen LogP contribution < -0.4 is 5.32 Å². The fourth-order valence-electron chi connectivity index (χ4n) is 7.00. The molecular formula is C34H49N7O4S. The van der Waals surface area contributed by atoms with E-state index in [0.717, 1.165) is 74.7 Å². The van der Waals surface area contributed by atoms with Crippen LogP contribution in [0.5, 0.6) is 0 Å². The molecule has 1 amide bonds. The molecule has 3 aliphatic heterocycles. The van der Waals surface area contributed by atoms with E-state index in [0.29, 0.717) is 37.2 Å². The lowest BCUT2D eigenvalue weighted by atomic mass is 9.85. The van der Waals surface area contributed by atoms with E-state index in [1.165, 1.54) is 16.9 Å². The highest BCUT2D eigenvalue weighted by atomic mass is 32.2. The van der Waals surface area contributed by atoms with Crippen LogP contribution >= 0.6 is 0 Å². The molecule has 250 valence electrons. The van der Waals surface area contributed by atoms with Crippen molar-refractivity contribution in [1.82, 2.24) is 24.1 Å². The van der Waals surface area contributed by atoms with Crippen molar-refractivity contribution in [3.05, 3.63) is 53.0 Å². The number of hydrogen-bond donors (Lipinski definition) is 1. The SMILES string of the molecule is Cc1c(NC[C@@H]2CCC[C@H](c3ccc(C(C)(C)C#N)cc3)O2)ncnc1C(=O)N1CCC(N2CCC(N(C)S(C)(=O)=O)CC2)CC1. The minimum absolute atomic E-state index is 0.00606. The molecule has 3 aliphatic rings. The standard InChI is InChI=1S/C34H49N7O4S/c1-24-31(33(42)41-19-15-28(16-20-41)40-17-13-27(14-18-40)39(4)46(5,43)44)37-23-38-32(24)36-21-29-7-6-8-30(45-29)25-9-11-26(12-10-25)34(2,3)22-35/h9-12,23,27-30H,6-8,13-21H2,1-5H3,(H,36,37,38)/t29-,30+/m0/s1. The van der Waals surface area contributed by atoms with E-state index < -0.39 is 15.4 Å². The third kappa shape index (κ3) is 7.88. The molecule has 0 radical (unpaired) electrons. The average molecular weight is 652 g/mol. The number of sulfonamides is 1. The van der Waals surface area contributed by atoms with Crippen LogP contribution in [-0.2, 0) is 20.2 Å². The average Bonchev–Trinajstić information content (AvgIpc) is 3.07. The molecule has 1 aromatic carbocycles. The van der Waals surface area contributed by atoms with Gasteiger partial charge in [-0.05, 0) is 89.9 Å². The predicted octanol–water partition coefficient (Wildman–Crippen LogP) is 4.27. The molecule has 0 unspecified atom stereocenters. The second kappa shape index (κ2) is 14.3. The number of anilines is 1. The van der Waals surface area contributed by atoms with Crippen LogP contribution in [0.1, 0.15) is 92.1 Å². The van der Waals surface area contributed by atoms with Crippen molar-refractivity contribution < 1.29 is 17.9 Å². The van der Waals surface area contributed by atoms with E-state index in [4.69, 9.17) is 4.74 Å². The van der Waals surface area contributed by atoms with Gasteiger partial charge in [-0.15, -0.1) is 0 Å². The fourth-order valence-corrected chi connectivity index (χ4v) is 7.75. The Bertz CT molecular complexity index is 1510. The number of amides is 1. The summed E-state index contributed by atoms with van der Waals surface area (Å²) in [4.78, 5) is 26.8. The van der Waals surface area contributed by atoms with Crippen LogP contribution in [0, 0.1) is 18.3 Å². The number of aromatic nitrogens is 2. The second-order valence-electron chi connectivity index (χ2n) is 13.7. The number of likely N-dealkylation sites (tertiary alicyclic amines) is 2. The Morgan fingerprint density at radius 3 is 2.37 bits per heavy atom. The summed E-state index contributed by atoms with van der Waals surface area (Å²) < 4.78 is 31.9. The number of nitrogens with zero attached hydrogens (tertiary/aromatic N) is 6. The van der Waals surface area contributed by atoms with Gasteiger partial charge >= 0.3 is 0 Å². The van der Waals surface area contributed by atoms with Gasteiger partial charge in [-0.1, -0.05) is 24.3 Å². The van der Waals surface area contributed by atoms with E-state index in [2.05, 4.69) is 38.4 Å². The Morgan fingerprint density at radius 2 is 1.74 bits per heavy atom. The maximum atomic E-state index is 13.6. The van der Waals surface area contributed by atoms with Gasteiger partial charge in [0.15, 0.2) is 0 Å². The molecule has 0 bridgehead atoms. The van der Waals surface area contributed by atoms with Gasteiger partial charge < -0.3 is 19.9 Å².